The number of rotatable bonds is 7. The molecule has 0 unspecified atom stereocenters. The quantitative estimate of drug-likeness (QED) is 0.613. The molecule has 0 aliphatic rings. The molecule has 0 spiro atoms. The summed E-state index contributed by atoms with van der Waals surface area (Å²) in [6, 6.07) is 17.3. The number of aryl methyl sites for hydroxylation is 1. The number of hydrogen-bond donors (Lipinski definition) is 2. The highest BCUT2D eigenvalue weighted by atomic mass is 16.1. The predicted octanol–water partition coefficient (Wildman–Crippen LogP) is 4.97. The van der Waals surface area contributed by atoms with Crippen molar-refractivity contribution in [2.75, 3.05) is 11.9 Å². The Morgan fingerprint density at radius 2 is 1.89 bits per heavy atom. The third-order valence-corrected chi connectivity index (χ3v) is 4.34. The third kappa shape index (κ3) is 5.39. The lowest BCUT2D eigenvalue weighted by molar-refractivity contribution is 0.0952. The molecule has 1 heterocycles. The zero-order chi connectivity index (χ0) is 19.9. The smallest absolute Gasteiger partial charge is 0.251 e. The van der Waals surface area contributed by atoms with Crippen molar-refractivity contribution in [1.82, 2.24) is 15.3 Å². The van der Waals surface area contributed by atoms with E-state index < -0.39 is 0 Å². The van der Waals surface area contributed by atoms with Crippen molar-refractivity contribution in [2.45, 2.75) is 27.2 Å². The SMILES string of the molecule is Cc1cccc(-c2nccc(Nc3cccc(C(=O)NCCC(C)C)c3)n2)c1. The van der Waals surface area contributed by atoms with E-state index >= 15 is 0 Å². The van der Waals surface area contributed by atoms with Crippen LogP contribution in [0, 0.1) is 12.8 Å². The summed E-state index contributed by atoms with van der Waals surface area (Å²) in [7, 11) is 0. The van der Waals surface area contributed by atoms with Crippen LogP contribution in [0.25, 0.3) is 11.4 Å². The standard InChI is InChI=1S/C23H26N4O/c1-16(2)10-12-25-23(28)19-8-5-9-20(15-19)26-21-11-13-24-22(27-21)18-7-4-6-17(3)14-18/h4-9,11,13-16H,10,12H2,1-3H3,(H,25,28)(H,24,26,27). The lowest BCUT2D eigenvalue weighted by Crippen LogP contribution is -2.25. The van der Waals surface area contributed by atoms with E-state index in [1.807, 2.05) is 55.5 Å². The summed E-state index contributed by atoms with van der Waals surface area (Å²) in [5.74, 6) is 1.85. The summed E-state index contributed by atoms with van der Waals surface area (Å²) in [6.45, 7) is 7.01. The molecule has 1 amide bonds. The predicted molar refractivity (Wildman–Crippen MR) is 114 cm³/mol. The second-order valence-electron chi connectivity index (χ2n) is 7.28. The van der Waals surface area contributed by atoms with Gasteiger partial charge in [-0.3, -0.25) is 4.79 Å². The molecule has 144 valence electrons. The largest absolute Gasteiger partial charge is 0.352 e. The van der Waals surface area contributed by atoms with Crippen molar-refractivity contribution in [1.29, 1.82) is 0 Å². The van der Waals surface area contributed by atoms with E-state index in [1.54, 1.807) is 6.20 Å². The molecule has 28 heavy (non-hydrogen) atoms. The zero-order valence-corrected chi connectivity index (χ0v) is 16.6. The first kappa shape index (κ1) is 19.5. The molecule has 3 aromatic rings. The average molecular weight is 374 g/mol. The number of aromatic nitrogens is 2. The molecular weight excluding hydrogens is 348 g/mol. The van der Waals surface area contributed by atoms with E-state index in [0.29, 0.717) is 29.7 Å². The van der Waals surface area contributed by atoms with E-state index in [1.165, 1.54) is 0 Å². The maximum atomic E-state index is 12.3. The first-order valence-corrected chi connectivity index (χ1v) is 9.56. The molecule has 3 rings (SSSR count). The first-order chi connectivity index (χ1) is 13.5. The number of carbonyl (C=O) groups excluding carboxylic acids is 1. The van der Waals surface area contributed by atoms with Gasteiger partial charge in [0.1, 0.15) is 5.82 Å². The number of nitrogens with one attached hydrogen (secondary N) is 2. The summed E-state index contributed by atoms with van der Waals surface area (Å²) in [5.41, 5.74) is 3.57. The minimum Gasteiger partial charge on any atom is -0.352 e. The molecule has 0 aliphatic heterocycles. The highest BCUT2D eigenvalue weighted by molar-refractivity contribution is 5.95. The minimum absolute atomic E-state index is 0.0626. The normalized spacial score (nSPS) is 10.7. The Labute approximate surface area is 166 Å². The van der Waals surface area contributed by atoms with Gasteiger partial charge < -0.3 is 10.6 Å². The van der Waals surface area contributed by atoms with Gasteiger partial charge in [-0.1, -0.05) is 43.7 Å². The van der Waals surface area contributed by atoms with Crippen LogP contribution in [0.3, 0.4) is 0 Å². The van der Waals surface area contributed by atoms with Crippen molar-refractivity contribution < 1.29 is 4.79 Å². The Kier molecular flexibility index (Phi) is 6.37. The highest BCUT2D eigenvalue weighted by Gasteiger charge is 2.08. The summed E-state index contributed by atoms with van der Waals surface area (Å²) in [4.78, 5) is 21.3. The summed E-state index contributed by atoms with van der Waals surface area (Å²) in [5, 5.41) is 6.23. The summed E-state index contributed by atoms with van der Waals surface area (Å²) in [6.07, 6.45) is 2.70. The van der Waals surface area contributed by atoms with E-state index in [4.69, 9.17) is 0 Å². The van der Waals surface area contributed by atoms with Crippen molar-refractivity contribution in [3.8, 4) is 11.4 Å². The topological polar surface area (TPSA) is 66.9 Å². The second kappa shape index (κ2) is 9.13. The fourth-order valence-electron chi connectivity index (χ4n) is 2.81. The van der Waals surface area contributed by atoms with Gasteiger partial charge in [0, 0.05) is 29.6 Å². The van der Waals surface area contributed by atoms with Crippen LogP contribution in [0.5, 0.6) is 0 Å². The second-order valence-corrected chi connectivity index (χ2v) is 7.28. The van der Waals surface area contributed by atoms with Crippen LogP contribution in [0.4, 0.5) is 11.5 Å². The van der Waals surface area contributed by atoms with Gasteiger partial charge in [0.05, 0.1) is 0 Å². The van der Waals surface area contributed by atoms with Gasteiger partial charge in [-0.2, -0.15) is 0 Å². The van der Waals surface area contributed by atoms with Crippen LogP contribution in [0.1, 0.15) is 36.2 Å². The Bertz CT molecular complexity index is 953. The number of benzene rings is 2. The Hall–Kier alpha value is -3.21. The maximum absolute atomic E-state index is 12.3. The first-order valence-electron chi connectivity index (χ1n) is 9.56. The van der Waals surface area contributed by atoms with E-state index in [2.05, 4.69) is 40.5 Å². The molecule has 0 bridgehead atoms. The van der Waals surface area contributed by atoms with E-state index in [-0.39, 0.29) is 5.91 Å². The molecule has 0 fully saturated rings. The average Bonchev–Trinajstić information content (AvgIpc) is 2.68. The fraction of sp³-hybridized carbons (Fsp3) is 0.261. The number of hydrogen-bond acceptors (Lipinski definition) is 4. The van der Waals surface area contributed by atoms with Gasteiger partial charge in [0.25, 0.3) is 5.91 Å². The van der Waals surface area contributed by atoms with Crippen LogP contribution >= 0.6 is 0 Å². The van der Waals surface area contributed by atoms with Gasteiger partial charge in [0.2, 0.25) is 0 Å². The highest BCUT2D eigenvalue weighted by Crippen LogP contribution is 2.20. The summed E-state index contributed by atoms with van der Waals surface area (Å²) < 4.78 is 0. The number of nitrogens with zero attached hydrogens (tertiary/aromatic N) is 2. The number of anilines is 2. The number of carbonyl (C=O) groups is 1. The molecule has 0 atom stereocenters. The van der Waals surface area contributed by atoms with E-state index in [0.717, 1.165) is 23.2 Å². The lowest BCUT2D eigenvalue weighted by atomic mass is 10.1. The van der Waals surface area contributed by atoms with Crippen molar-refractivity contribution in [3.63, 3.8) is 0 Å². The van der Waals surface area contributed by atoms with Crippen molar-refractivity contribution >= 4 is 17.4 Å². The van der Waals surface area contributed by atoms with Gasteiger partial charge in [0.15, 0.2) is 5.82 Å². The van der Waals surface area contributed by atoms with Crippen LogP contribution < -0.4 is 10.6 Å². The molecule has 5 heteroatoms. The molecule has 0 saturated heterocycles. The Morgan fingerprint density at radius 1 is 1.07 bits per heavy atom. The molecular formula is C23H26N4O. The molecule has 0 aliphatic carbocycles. The number of amides is 1. The van der Waals surface area contributed by atoms with Crippen LogP contribution in [0.15, 0.2) is 60.8 Å². The molecule has 0 radical (unpaired) electrons. The van der Waals surface area contributed by atoms with Gasteiger partial charge in [-0.05, 0) is 49.6 Å². The monoisotopic (exact) mass is 374 g/mol. The van der Waals surface area contributed by atoms with Gasteiger partial charge in [-0.25, -0.2) is 9.97 Å². The maximum Gasteiger partial charge on any atom is 0.251 e. The fourth-order valence-corrected chi connectivity index (χ4v) is 2.81. The van der Waals surface area contributed by atoms with Gasteiger partial charge >= 0.3 is 0 Å². The van der Waals surface area contributed by atoms with Gasteiger partial charge in [-0.15, -0.1) is 0 Å². The van der Waals surface area contributed by atoms with Crippen molar-refractivity contribution in [2.24, 2.45) is 5.92 Å². The molecule has 0 saturated carbocycles. The van der Waals surface area contributed by atoms with Crippen LogP contribution in [-0.4, -0.2) is 22.4 Å². The van der Waals surface area contributed by atoms with Crippen molar-refractivity contribution in [3.05, 3.63) is 71.9 Å². The molecule has 2 N–H and O–H groups in total. The summed E-state index contributed by atoms with van der Waals surface area (Å²) >= 11 is 0. The molecule has 5 nitrogen and oxygen atoms in total. The Morgan fingerprint density at radius 3 is 2.68 bits per heavy atom. The lowest BCUT2D eigenvalue weighted by Gasteiger charge is -2.10. The third-order valence-electron chi connectivity index (χ3n) is 4.34. The minimum atomic E-state index is -0.0626. The molecule has 1 aromatic heterocycles. The molecule has 2 aromatic carbocycles. The zero-order valence-electron chi connectivity index (χ0n) is 16.6. The Balaban J connectivity index is 1.72. The van der Waals surface area contributed by atoms with E-state index in [9.17, 15) is 4.79 Å². The van der Waals surface area contributed by atoms with Crippen LogP contribution in [0.2, 0.25) is 0 Å². The van der Waals surface area contributed by atoms with Crippen LogP contribution in [-0.2, 0) is 0 Å².